The lowest BCUT2D eigenvalue weighted by Crippen LogP contribution is -2.32. The first-order valence-electron chi connectivity index (χ1n) is 8.85. The number of rotatable bonds is 8. The summed E-state index contributed by atoms with van der Waals surface area (Å²) in [5.41, 5.74) is 2.13. The Hall–Kier alpha value is -3.42. The molecule has 0 aliphatic rings. The Morgan fingerprint density at radius 2 is 1.86 bits per heavy atom. The molecule has 0 aliphatic carbocycles. The molecular formula is C20H23N3O5. The van der Waals surface area contributed by atoms with Gasteiger partial charge in [0.25, 0.3) is 11.6 Å². The largest absolute Gasteiger partial charge is 0.452 e. The van der Waals surface area contributed by atoms with Gasteiger partial charge < -0.3 is 15.4 Å². The summed E-state index contributed by atoms with van der Waals surface area (Å²) in [6.07, 6.45) is 0.681. The van der Waals surface area contributed by atoms with Crippen LogP contribution in [0.5, 0.6) is 0 Å². The summed E-state index contributed by atoms with van der Waals surface area (Å²) in [6.45, 7) is 3.46. The van der Waals surface area contributed by atoms with Crippen molar-refractivity contribution in [3.05, 3.63) is 69.3 Å². The van der Waals surface area contributed by atoms with Crippen molar-refractivity contribution in [3.8, 4) is 0 Å². The second kappa shape index (κ2) is 9.50. The highest BCUT2D eigenvalue weighted by atomic mass is 16.6. The summed E-state index contributed by atoms with van der Waals surface area (Å²) >= 11 is 0. The molecule has 0 saturated carbocycles. The van der Waals surface area contributed by atoms with Gasteiger partial charge in [0.05, 0.1) is 16.5 Å². The molecule has 28 heavy (non-hydrogen) atoms. The maximum Gasteiger partial charge on any atom is 0.338 e. The number of anilines is 1. The first kappa shape index (κ1) is 20.9. The van der Waals surface area contributed by atoms with Gasteiger partial charge in [-0.05, 0) is 31.0 Å². The molecule has 2 N–H and O–H groups in total. The van der Waals surface area contributed by atoms with Gasteiger partial charge in [0, 0.05) is 13.1 Å². The Balaban J connectivity index is 1.98. The van der Waals surface area contributed by atoms with Crippen LogP contribution < -0.4 is 10.6 Å². The smallest absolute Gasteiger partial charge is 0.338 e. The van der Waals surface area contributed by atoms with Gasteiger partial charge in [0.2, 0.25) is 0 Å². The van der Waals surface area contributed by atoms with E-state index in [4.69, 9.17) is 4.74 Å². The van der Waals surface area contributed by atoms with Crippen LogP contribution in [0.2, 0.25) is 0 Å². The predicted molar refractivity (Wildman–Crippen MR) is 105 cm³/mol. The van der Waals surface area contributed by atoms with Crippen LogP contribution in [0.4, 0.5) is 11.4 Å². The van der Waals surface area contributed by atoms with Crippen molar-refractivity contribution in [1.29, 1.82) is 0 Å². The van der Waals surface area contributed by atoms with Gasteiger partial charge in [-0.1, -0.05) is 36.8 Å². The van der Waals surface area contributed by atoms with Crippen LogP contribution in [0.15, 0.2) is 42.5 Å². The van der Waals surface area contributed by atoms with Crippen molar-refractivity contribution < 1.29 is 19.2 Å². The first-order chi connectivity index (χ1) is 13.3. The SMILES string of the molecule is CC[C@H](NC(=O)COC(=O)c1ccc(NC)c([N+](=O)[O-])c1)c1ccc(C)cc1. The monoisotopic (exact) mass is 385 g/mol. The lowest BCUT2D eigenvalue weighted by atomic mass is 10.0. The molecule has 0 saturated heterocycles. The van der Waals surface area contributed by atoms with E-state index in [0.717, 1.165) is 17.2 Å². The number of nitrogens with zero attached hydrogens (tertiary/aromatic N) is 1. The third-order valence-electron chi connectivity index (χ3n) is 4.26. The second-order valence-corrected chi connectivity index (χ2v) is 6.25. The van der Waals surface area contributed by atoms with E-state index in [1.807, 2.05) is 38.1 Å². The van der Waals surface area contributed by atoms with Gasteiger partial charge in [0.15, 0.2) is 6.61 Å². The fraction of sp³-hybridized carbons (Fsp3) is 0.300. The minimum absolute atomic E-state index is 0.00377. The number of aryl methyl sites for hydroxylation is 1. The van der Waals surface area contributed by atoms with E-state index in [0.29, 0.717) is 6.42 Å². The third kappa shape index (κ3) is 5.29. The average molecular weight is 385 g/mol. The molecule has 8 heteroatoms. The number of hydrogen-bond acceptors (Lipinski definition) is 6. The highest BCUT2D eigenvalue weighted by molar-refractivity contribution is 5.93. The van der Waals surface area contributed by atoms with E-state index in [1.54, 1.807) is 7.05 Å². The topological polar surface area (TPSA) is 111 Å². The number of carbonyl (C=O) groups is 2. The van der Waals surface area contributed by atoms with Crippen molar-refractivity contribution in [1.82, 2.24) is 5.32 Å². The number of nitro benzene ring substituents is 1. The molecule has 0 aliphatic heterocycles. The normalized spacial score (nSPS) is 11.4. The highest BCUT2D eigenvalue weighted by Gasteiger charge is 2.19. The third-order valence-corrected chi connectivity index (χ3v) is 4.26. The number of nitrogens with one attached hydrogen (secondary N) is 2. The summed E-state index contributed by atoms with van der Waals surface area (Å²) in [7, 11) is 1.54. The van der Waals surface area contributed by atoms with E-state index in [9.17, 15) is 19.7 Å². The molecule has 0 radical (unpaired) electrons. The van der Waals surface area contributed by atoms with Crippen molar-refractivity contribution in [2.75, 3.05) is 19.0 Å². The lowest BCUT2D eigenvalue weighted by Gasteiger charge is -2.17. The van der Waals surface area contributed by atoms with Crippen LogP contribution in [-0.4, -0.2) is 30.5 Å². The Labute approximate surface area is 163 Å². The zero-order valence-corrected chi connectivity index (χ0v) is 16.0. The quantitative estimate of drug-likeness (QED) is 0.409. The second-order valence-electron chi connectivity index (χ2n) is 6.25. The predicted octanol–water partition coefficient (Wildman–Crippen LogP) is 3.37. The molecule has 0 heterocycles. The van der Waals surface area contributed by atoms with Crippen molar-refractivity contribution in [2.45, 2.75) is 26.3 Å². The zero-order chi connectivity index (χ0) is 20.7. The van der Waals surface area contributed by atoms with E-state index in [1.165, 1.54) is 12.1 Å². The summed E-state index contributed by atoms with van der Waals surface area (Å²) in [6, 6.07) is 11.6. The summed E-state index contributed by atoms with van der Waals surface area (Å²) < 4.78 is 5.00. The molecule has 0 unspecified atom stereocenters. The Kier molecular flexibility index (Phi) is 7.08. The van der Waals surface area contributed by atoms with E-state index in [2.05, 4.69) is 10.6 Å². The number of amides is 1. The Morgan fingerprint density at radius 3 is 2.43 bits per heavy atom. The molecule has 1 amide bonds. The number of carbonyl (C=O) groups excluding carboxylic acids is 2. The van der Waals surface area contributed by atoms with Crippen molar-refractivity contribution in [3.63, 3.8) is 0 Å². The number of hydrogen-bond donors (Lipinski definition) is 2. The molecule has 2 aromatic rings. The van der Waals surface area contributed by atoms with Crippen LogP contribution in [0.25, 0.3) is 0 Å². The van der Waals surface area contributed by atoms with Gasteiger partial charge in [-0.3, -0.25) is 14.9 Å². The molecule has 0 bridgehead atoms. The van der Waals surface area contributed by atoms with E-state index in [-0.39, 0.29) is 23.0 Å². The highest BCUT2D eigenvalue weighted by Crippen LogP contribution is 2.25. The van der Waals surface area contributed by atoms with Gasteiger partial charge >= 0.3 is 5.97 Å². The molecule has 1 atom stereocenters. The fourth-order valence-corrected chi connectivity index (χ4v) is 2.69. The molecular weight excluding hydrogens is 362 g/mol. The van der Waals surface area contributed by atoms with Gasteiger partial charge in [-0.25, -0.2) is 4.79 Å². The summed E-state index contributed by atoms with van der Waals surface area (Å²) in [4.78, 5) is 34.8. The van der Waals surface area contributed by atoms with Gasteiger partial charge in [-0.2, -0.15) is 0 Å². The number of ether oxygens (including phenoxy) is 1. The van der Waals surface area contributed by atoms with Gasteiger partial charge in [-0.15, -0.1) is 0 Å². The van der Waals surface area contributed by atoms with Crippen LogP contribution in [0, 0.1) is 17.0 Å². The van der Waals surface area contributed by atoms with Crippen LogP contribution in [0.1, 0.15) is 40.9 Å². The molecule has 0 fully saturated rings. The zero-order valence-electron chi connectivity index (χ0n) is 16.0. The van der Waals surface area contributed by atoms with Crippen molar-refractivity contribution >= 4 is 23.3 Å². The fourth-order valence-electron chi connectivity index (χ4n) is 2.69. The maximum atomic E-state index is 12.2. The molecule has 0 aromatic heterocycles. The molecule has 8 nitrogen and oxygen atoms in total. The summed E-state index contributed by atoms with van der Waals surface area (Å²) in [5, 5.41) is 16.6. The molecule has 0 spiro atoms. The Bertz CT molecular complexity index is 865. The van der Waals surface area contributed by atoms with Gasteiger partial charge in [0.1, 0.15) is 5.69 Å². The van der Waals surface area contributed by atoms with E-state index < -0.39 is 23.4 Å². The van der Waals surface area contributed by atoms with Crippen LogP contribution >= 0.6 is 0 Å². The maximum absolute atomic E-state index is 12.2. The Morgan fingerprint density at radius 1 is 1.18 bits per heavy atom. The molecule has 2 rings (SSSR count). The van der Waals surface area contributed by atoms with E-state index >= 15 is 0 Å². The van der Waals surface area contributed by atoms with Crippen LogP contribution in [-0.2, 0) is 9.53 Å². The average Bonchev–Trinajstić information content (AvgIpc) is 2.70. The standard InChI is InChI=1S/C20H23N3O5/c1-4-16(14-7-5-13(2)6-8-14)22-19(24)12-28-20(25)15-9-10-17(21-3)18(11-15)23(26)27/h5-11,16,21H,4,12H2,1-3H3,(H,22,24)/t16-/m0/s1. The molecule has 2 aromatic carbocycles. The number of nitro groups is 1. The minimum atomic E-state index is -0.802. The summed E-state index contributed by atoms with van der Waals surface area (Å²) in [5.74, 6) is -1.24. The number of esters is 1. The first-order valence-corrected chi connectivity index (χ1v) is 8.85. The molecule has 148 valence electrons. The lowest BCUT2D eigenvalue weighted by molar-refractivity contribution is -0.384. The minimum Gasteiger partial charge on any atom is -0.452 e. The number of benzene rings is 2. The van der Waals surface area contributed by atoms with Crippen LogP contribution in [0.3, 0.4) is 0 Å². The van der Waals surface area contributed by atoms with Crippen molar-refractivity contribution in [2.24, 2.45) is 0 Å².